The van der Waals surface area contributed by atoms with E-state index < -0.39 is 6.10 Å². The summed E-state index contributed by atoms with van der Waals surface area (Å²) >= 11 is 0. The zero-order chi connectivity index (χ0) is 13.7. The minimum atomic E-state index is -0.596. The molecule has 0 aromatic heterocycles. The molecule has 1 atom stereocenters. The Morgan fingerprint density at radius 3 is 2.67 bits per heavy atom. The first-order valence-corrected chi connectivity index (χ1v) is 5.99. The Balaban J connectivity index is 2.24. The van der Waals surface area contributed by atoms with Gasteiger partial charge in [-0.05, 0) is 14.1 Å². The van der Waals surface area contributed by atoms with Crippen LogP contribution in [0.3, 0.4) is 0 Å². The molecule has 7 nitrogen and oxygen atoms in total. The lowest BCUT2D eigenvalue weighted by Gasteiger charge is -2.18. The van der Waals surface area contributed by atoms with Gasteiger partial charge in [-0.1, -0.05) is 0 Å². The van der Waals surface area contributed by atoms with Gasteiger partial charge in [0.15, 0.2) is 0 Å². The summed E-state index contributed by atoms with van der Waals surface area (Å²) in [6.07, 6.45) is -0.596. The number of amides is 3. The van der Waals surface area contributed by atoms with Crippen molar-refractivity contribution < 1.29 is 14.7 Å². The van der Waals surface area contributed by atoms with E-state index in [1.165, 1.54) is 4.90 Å². The molecule has 0 saturated carbocycles. The summed E-state index contributed by atoms with van der Waals surface area (Å²) in [5.74, 6) is -0.239. The molecule has 1 aliphatic rings. The predicted octanol–water partition coefficient (Wildman–Crippen LogP) is -1.61. The fourth-order valence-electron chi connectivity index (χ4n) is 1.80. The highest BCUT2D eigenvalue weighted by molar-refractivity contribution is 5.84. The van der Waals surface area contributed by atoms with Crippen molar-refractivity contribution >= 4 is 11.9 Å². The molecule has 2 N–H and O–H groups in total. The largest absolute Gasteiger partial charge is 0.390 e. The monoisotopic (exact) mass is 258 g/mol. The summed E-state index contributed by atoms with van der Waals surface area (Å²) in [5.41, 5.74) is 0. The summed E-state index contributed by atoms with van der Waals surface area (Å²) in [6, 6.07) is -0.126. The van der Waals surface area contributed by atoms with Crippen LogP contribution < -0.4 is 5.32 Å². The molecule has 7 heteroatoms. The Morgan fingerprint density at radius 2 is 2.17 bits per heavy atom. The number of nitrogens with zero attached hydrogens (tertiary/aromatic N) is 3. The molecule has 0 aromatic rings. The quantitative estimate of drug-likeness (QED) is 0.601. The fourth-order valence-corrected chi connectivity index (χ4v) is 1.80. The van der Waals surface area contributed by atoms with Gasteiger partial charge in [0.1, 0.15) is 6.54 Å². The second kappa shape index (κ2) is 6.55. The minimum Gasteiger partial charge on any atom is -0.390 e. The molecule has 18 heavy (non-hydrogen) atoms. The molecule has 104 valence electrons. The van der Waals surface area contributed by atoms with Crippen LogP contribution in [-0.2, 0) is 4.79 Å². The van der Waals surface area contributed by atoms with Gasteiger partial charge in [0, 0.05) is 33.2 Å². The highest BCUT2D eigenvalue weighted by Crippen LogP contribution is 2.04. The number of urea groups is 1. The van der Waals surface area contributed by atoms with Gasteiger partial charge < -0.3 is 25.1 Å². The van der Waals surface area contributed by atoms with Crippen LogP contribution in [0.1, 0.15) is 0 Å². The van der Waals surface area contributed by atoms with Crippen molar-refractivity contribution in [2.75, 3.05) is 53.9 Å². The zero-order valence-electron chi connectivity index (χ0n) is 11.2. The molecule has 0 bridgehead atoms. The van der Waals surface area contributed by atoms with E-state index in [1.807, 2.05) is 19.0 Å². The van der Waals surface area contributed by atoms with Crippen LogP contribution in [0.2, 0.25) is 0 Å². The van der Waals surface area contributed by atoms with Crippen LogP contribution in [0.25, 0.3) is 0 Å². The number of aliphatic hydroxyl groups is 1. The van der Waals surface area contributed by atoms with Crippen LogP contribution in [0.4, 0.5) is 4.79 Å². The van der Waals surface area contributed by atoms with Crippen molar-refractivity contribution in [2.24, 2.45) is 0 Å². The zero-order valence-corrected chi connectivity index (χ0v) is 11.2. The third-order valence-corrected chi connectivity index (χ3v) is 2.75. The summed E-state index contributed by atoms with van der Waals surface area (Å²) in [5, 5.41) is 12.2. The summed E-state index contributed by atoms with van der Waals surface area (Å²) in [4.78, 5) is 28.0. The van der Waals surface area contributed by atoms with E-state index in [-0.39, 0.29) is 25.0 Å². The Morgan fingerprint density at radius 1 is 1.50 bits per heavy atom. The number of carbonyl (C=O) groups excluding carboxylic acids is 2. The molecular formula is C11H22N4O3. The molecule has 1 aliphatic heterocycles. The van der Waals surface area contributed by atoms with Crippen molar-refractivity contribution in [3.8, 4) is 0 Å². The lowest BCUT2D eigenvalue weighted by atomic mass is 10.3. The van der Waals surface area contributed by atoms with Gasteiger partial charge in [-0.25, -0.2) is 4.79 Å². The molecule has 0 radical (unpaired) electrons. The van der Waals surface area contributed by atoms with E-state index in [2.05, 4.69) is 5.32 Å². The van der Waals surface area contributed by atoms with Crippen LogP contribution >= 0.6 is 0 Å². The molecular weight excluding hydrogens is 236 g/mol. The average Bonchev–Trinajstić information content (AvgIpc) is 2.57. The van der Waals surface area contributed by atoms with Gasteiger partial charge >= 0.3 is 6.03 Å². The van der Waals surface area contributed by atoms with Gasteiger partial charge in [0.2, 0.25) is 5.91 Å². The van der Waals surface area contributed by atoms with Crippen molar-refractivity contribution in [3.63, 3.8) is 0 Å². The van der Waals surface area contributed by atoms with Gasteiger partial charge in [0.05, 0.1) is 6.10 Å². The van der Waals surface area contributed by atoms with Crippen LogP contribution in [0.15, 0.2) is 0 Å². The van der Waals surface area contributed by atoms with Gasteiger partial charge in [0.25, 0.3) is 0 Å². The molecule has 1 saturated heterocycles. The maximum absolute atomic E-state index is 11.6. The number of rotatable bonds is 6. The molecule has 0 aliphatic carbocycles. The molecule has 0 aromatic carbocycles. The normalized spacial score (nSPS) is 17.5. The minimum absolute atomic E-state index is 0.0534. The first-order valence-electron chi connectivity index (χ1n) is 5.99. The molecule has 0 unspecified atom stereocenters. The van der Waals surface area contributed by atoms with Gasteiger partial charge in [-0.2, -0.15) is 0 Å². The number of carbonyl (C=O) groups is 2. The average molecular weight is 258 g/mol. The Kier molecular flexibility index (Phi) is 5.36. The number of hydrogen-bond donors (Lipinski definition) is 2. The summed E-state index contributed by atoms with van der Waals surface area (Å²) in [7, 11) is 5.41. The van der Waals surface area contributed by atoms with Crippen LogP contribution in [0, 0.1) is 0 Å². The maximum atomic E-state index is 11.6. The lowest BCUT2D eigenvalue weighted by Crippen LogP contribution is -2.43. The van der Waals surface area contributed by atoms with Crippen molar-refractivity contribution in [2.45, 2.75) is 6.10 Å². The number of nitrogens with one attached hydrogen (secondary N) is 1. The van der Waals surface area contributed by atoms with E-state index in [0.717, 1.165) is 0 Å². The Hall–Kier alpha value is -1.34. The number of hydrogen-bond acceptors (Lipinski definition) is 4. The fraction of sp³-hybridized carbons (Fsp3) is 0.818. The van der Waals surface area contributed by atoms with Crippen LogP contribution in [-0.4, -0.2) is 91.7 Å². The number of likely N-dealkylation sites (N-methyl/N-ethyl adjacent to an activating group) is 2. The molecule has 1 fully saturated rings. The molecule has 0 spiro atoms. The first kappa shape index (κ1) is 14.7. The summed E-state index contributed by atoms with van der Waals surface area (Å²) in [6.45, 7) is 1.97. The van der Waals surface area contributed by atoms with Gasteiger partial charge in [-0.15, -0.1) is 0 Å². The highest BCUT2D eigenvalue weighted by atomic mass is 16.3. The summed E-state index contributed by atoms with van der Waals surface area (Å²) < 4.78 is 0. The van der Waals surface area contributed by atoms with E-state index >= 15 is 0 Å². The lowest BCUT2D eigenvalue weighted by molar-refractivity contribution is -0.122. The molecule has 1 rings (SSSR count). The van der Waals surface area contributed by atoms with Crippen LogP contribution in [0.5, 0.6) is 0 Å². The standard InChI is InChI=1S/C11H22N4O3/c1-13(2)7-9(16)6-12-10(17)8-15-5-4-14(3)11(15)18/h9,16H,4-8H2,1-3H3,(H,12,17)/t9-/m0/s1. The van der Waals surface area contributed by atoms with E-state index in [0.29, 0.717) is 19.6 Å². The Bertz CT molecular complexity index is 309. The second-order valence-corrected chi connectivity index (χ2v) is 4.85. The number of aliphatic hydroxyl groups excluding tert-OH is 1. The van der Waals surface area contributed by atoms with Crippen molar-refractivity contribution in [1.29, 1.82) is 0 Å². The van der Waals surface area contributed by atoms with Crippen molar-refractivity contribution in [1.82, 2.24) is 20.0 Å². The predicted molar refractivity (Wildman–Crippen MR) is 67.2 cm³/mol. The first-order chi connectivity index (χ1) is 8.40. The van der Waals surface area contributed by atoms with Gasteiger partial charge in [-0.3, -0.25) is 4.79 Å². The Labute approximate surface area is 107 Å². The maximum Gasteiger partial charge on any atom is 0.320 e. The van der Waals surface area contributed by atoms with E-state index in [1.54, 1.807) is 11.9 Å². The third-order valence-electron chi connectivity index (χ3n) is 2.75. The molecule has 3 amide bonds. The molecule has 1 heterocycles. The third kappa shape index (κ3) is 4.50. The van der Waals surface area contributed by atoms with Crippen molar-refractivity contribution in [3.05, 3.63) is 0 Å². The van der Waals surface area contributed by atoms with E-state index in [4.69, 9.17) is 0 Å². The smallest absolute Gasteiger partial charge is 0.320 e. The topological polar surface area (TPSA) is 76.1 Å². The SMILES string of the molecule is CN(C)C[C@@H](O)CNC(=O)CN1CCN(C)C1=O. The second-order valence-electron chi connectivity index (χ2n) is 4.85. The highest BCUT2D eigenvalue weighted by Gasteiger charge is 2.26. The van der Waals surface area contributed by atoms with E-state index in [9.17, 15) is 14.7 Å².